The van der Waals surface area contributed by atoms with Gasteiger partial charge in [0.15, 0.2) is 0 Å². The molecule has 19 heavy (non-hydrogen) atoms. The van der Waals surface area contributed by atoms with Gasteiger partial charge in [0.05, 0.1) is 18.9 Å². The summed E-state index contributed by atoms with van der Waals surface area (Å²) in [5, 5.41) is 0. The van der Waals surface area contributed by atoms with E-state index in [4.69, 9.17) is 9.26 Å². The lowest BCUT2D eigenvalue weighted by atomic mass is 10.1. The van der Waals surface area contributed by atoms with Crippen LogP contribution in [-0.4, -0.2) is 30.4 Å². The van der Waals surface area contributed by atoms with Gasteiger partial charge in [0, 0.05) is 6.61 Å². The third kappa shape index (κ3) is 11.6. The molecule has 0 aliphatic heterocycles. The maximum atomic E-state index is 11.5. The zero-order valence-corrected chi connectivity index (χ0v) is 13.7. The minimum absolute atomic E-state index is 0.197. The Morgan fingerprint density at radius 3 is 2.11 bits per heavy atom. The molecule has 4 nitrogen and oxygen atoms in total. The zero-order valence-electron chi connectivity index (χ0n) is 12.8. The zero-order chi connectivity index (χ0) is 14.6. The predicted octanol–water partition coefficient (Wildman–Crippen LogP) is 4.36. The van der Waals surface area contributed by atoms with Crippen LogP contribution in [-0.2, 0) is 13.8 Å². The smallest absolute Gasteiger partial charge is 0.330 e. The molecule has 0 aliphatic carbocycles. The highest BCUT2D eigenvalue weighted by Crippen LogP contribution is 2.46. The highest BCUT2D eigenvalue weighted by molar-refractivity contribution is 7.53. The number of unbranched alkanes of at least 4 members (excludes halogenated alkanes) is 6. The molecule has 0 heterocycles. The van der Waals surface area contributed by atoms with Gasteiger partial charge >= 0.3 is 7.60 Å². The van der Waals surface area contributed by atoms with Crippen LogP contribution < -0.4 is 0 Å². The molecule has 5 heteroatoms. The van der Waals surface area contributed by atoms with E-state index in [0.29, 0.717) is 13.2 Å². The lowest BCUT2D eigenvalue weighted by Crippen LogP contribution is -2.08. The number of rotatable bonds is 13. The Bertz CT molecular complexity index is 244. The van der Waals surface area contributed by atoms with Crippen molar-refractivity contribution in [2.75, 3.05) is 19.8 Å². The Kier molecular flexibility index (Phi) is 12.0. The molecule has 0 amide bonds. The fourth-order valence-corrected chi connectivity index (χ4v) is 2.27. The van der Waals surface area contributed by atoms with E-state index in [0.717, 1.165) is 6.42 Å². The molecule has 1 N–H and O–H groups in total. The van der Waals surface area contributed by atoms with Crippen LogP contribution in [0.15, 0.2) is 0 Å². The van der Waals surface area contributed by atoms with Crippen molar-refractivity contribution in [1.29, 1.82) is 0 Å². The molecule has 0 aliphatic rings. The second kappa shape index (κ2) is 11.9. The summed E-state index contributed by atoms with van der Waals surface area (Å²) in [5.41, 5.74) is -0.351. The summed E-state index contributed by atoms with van der Waals surface area (Å²) < 4.78 is 21.8. The Morgan fingerprint density at radius 1 is 0.947 bits per heavy atom. The van der Waals surface area contributed by atoms with E-state index in [-0.39, 0.29) is 12.3 Å². The summed E-state index contributed by atoms with van der Waals surface area (Å²) in [5.74, 6) is 0. The molecule has 0 radical (unpaired) electrons. The van der Waals surface area contributed by atoms with Crippen LogP contribution >= 0.6 is 7.60 Å². The van der Waals surface area contributed by atoms with E-state index in [2.05, 4.69) is 6.92 Å². The maximum Gasteiger partial charge on any atom is 0.330 e. The Hall–Kier alpha value is 0.110. The molecular formula is C14H31O4P. The summed E-state index contributed by atoms with van der Waals surface area (Å²) in [6.45, 7) is 6.89. The summed E-state index contributed by atoms with van der Waals surface area (Å²) >= 11 is 0. The Morgan fingerprint density at radius 2 is 1.53 bits per heavy atom. The third-order valence-electron chi connectivity index (χ3n) is 3.05. The van der Waals surface area contributed by atoms with Crippen LogP contribution in [0.5, 0.6) is 0 Å². The molecule has 1 unspecified atom stereocenters. The number of ether oxygens (including phenoxy) is 1. The van der Waals surface area contributed by atoms with Crippen LogP contribution in [0.25, 0.3) is 0 Å². The fourth-order valence-electron chi connectivity index (χ4n) is 1.64. The minimum atomic E-state index is -3.42. The molecule has 0 rings (SSSR count). The van der Waals surface area contributed by atoms with Crippen molar-refractivity contribution in [2.24, 2.45) is 0 Å². The average molecular weight is 294 g/mol. The normalized spacial score (nSPS) is 14.8. The molecule has 0 spiro atoms. The first kappa shape index (κ1) is 19.1. The van der Waals surface area contributed by atoms with Crippen LogP contribution in [0.2, 0.25) is 0 Å². The lowest BCUT2D eigenvalue weighted by Gasteiger charge is -2.15. The van der Waals surface area contributed by atoms with Gasteiger partial charge in [-0.15, -0.1) is 0 Å². The van der Waals surface area contributed by atoms with Crippen molar-refractivity contribution in [3.05, 3.63) is 0 Å². The van der Waals surface area contributed by atoms with E-state index in [9.17, 15) is 9.46 Å². The van der Waals surface area contributed by atoms with Crippen LogP contribution in [0, 0.1) is 0 Å². The maximum absolute atomic E-state index is 11.5. The molecule has 0 aromatic heterocycles. The average Bonchev–Trinajstić information content (AvgIpc) is 2.35. The highest BCUT2D eigenvalue weighted by atomic mass is 31.2. The molecule has 0 fully saturated rings. The first-order chi connectivity index (χ1) is 9.00. The topological polar surface area (TPSA) is 55.8 Å². The molecule has 0 aromatic carbocycles. The van der Waals surface area contributed by atoms with E-state index < -0.39 is 7.60 Å². The highest BCUT2D eigenvalue weighted by Gasteiger charge is 2.23. The molecule has 116 valence electrons. The fraction of sp³-hybridized carbons (Fsp3) is 1.00. The molecule has 0 bridgehead atoms. The van der Waals surface area contributed by atoms with Crippen molar-refractivity contribution in [2.45, 2.75) is 71.4 Å². The van der Waals surface area contributed by atoms with Gasteiger partial charge in [0.2, 0.25) is 0 Å². The lowest BCUT2D eigenvalue weighted by molar-refractivity contribution is 0.0918. The number of hydrogen-bond donors (Lipinski definition) is 1. The van der Waals surface area contributed by atoms with E-state index in [1.807, 2.05) is 0 Å². The third-order valence-corrected chi connectivity index (χ3v) is 4.91. The molecule has 0 saturated carbocycles. The van der Waals surface area contributed by atoms with Crippen molar-refractivity contribution in [3.8, 4) is 0 Å². The van der Waals surface area contributed by atoms with Gasteiger partial charge in [0.25, 0.3) is 0 Å². The first-order valence-corrected chi connectivity index (χ1v) is 9.20. The Balaban J connectivity index is 3.21. The largest absolute Gasteiger partial charge is 0.379 e. The van der Waals surface area contributed by atoms with Gasteiger partial charge in [-0.3, -0.25) is 4.57 Å². The van der Waals surface area contributed by atoms with Crippen LogP contribution in [0.3, 0.4) is 0 Å². The first-order valence-electron chi connectivity index (χ1n) is 7.55. The summed E-state index contributed by atoms with van der Waals surface area (Å²) in [7, 11) is -3.42. The standard InChI is InChI=1S/C14H31O4P/c1-4-5-6-7-8-9-10-11-17-12-13-18-19(15,16)14(2)3/h14H,4-13H2,1-3H3,(H,15,16). The van der Waals surface area contributed by atoms with E-state index >= 15 is 0 Å². The summed E-state index contributed by atoms with van der Waals surface area (Å²) in [4.78, 5) is 9.41. The van der Waals surface area contributed by atoms with Crippen LogP contribution in [0.4, 0.5) is 0 Å². The van der Waals surface area contributed by atoms with Gasteiger partial charge in [-0.2, -0.15) is 0 Å². The second-order valence-corrected chi connectivity index (χ2v) is 7.64. The number of hydrogen-bond acceptors (Lipinski definition) is 3. The molecule has 0 saturated heterocycles. The molecule has 0 aromatic rings. The molecule has 1 atom stereocenters. The van der Waals surface area contributed by atoms with Gasteiger partial charge in [-0.05, 0) is 6.42 Å². The van der Waals surface area contributed by atoms with Crippen molar-refractivity contribution in [3.63, 3.8) is 0 Å². The van der Waals surface area contributed by atoms with Gasteiger partial charge in [-0.25, -0.2) is 0 Å². The van der Waals surface area contributed by atoms with Crippen molar-refractivity contribution in [1.82, 2.24) is 0 Å². The second-order valence-electron chi connectivity index (χ2n) is 5.22. The van der Waals surface area contributed by atoms with E-state index in [1.54, 1.807) is 13.8 Å². The summed E-state index contributed by atoms with van der Waals surface area (Å²) in [6.07, 6.45) is 8.82. The monoisotopic (exact) mass is 294 g/mol. The van der Waals surface area contributed by atoms with Crippen molar-refractivity contribution < 1.29 is 18.7 Å². The van der Waals surface area contributed by atoms with Gasteiger partial charge in [-0.1, -0.05) is 59.3 Å². The summed E-state index contributed by atoms with van der Waals surface area (Å²) in [6, 6.07) is 0. The molecular weight excluding hydrogens is 263 g/mol. The predicted molar refractivity (Wildman–Crippen MR) is 79.7 cm³/mol. The van der Waals surface area contributed by atoms with Crippen LogP contribution in [0.1, 0.15) is 65.7 Å². The van der Waals surface area contributed by atoms with Crippen molar-refractivity contribution >= 4 is 7.60 Å². The minimum Gasteiger partial charge on any atom is -0.379 e. The SMILES string of the molecule is CCCCCCCCCOCCOP(=O)(O)C(C)C. The van der Waals surface area contributed by atoms with Gasteiger partial charge in [0.1, 0.15) is 0 Å². The quantitative estimate of drug-likeness (QED) is 0.405. The Labute approximate surface area is 118 Å². The van der Waals surface area contributed by atoms with E-state index in [1.165, 1.54) is 38.5 Å². The van der Waals surface area contributed by atoms with Gasteiger partial charge < -0.3 is 14.2 Å².